The molecule has 1 aromatic heterocycles. The van der Waals surface area contributed by atoms with Crippen LogP contribution < -0.4 is 10.2 Å². The van der Waals surface area contributed by atoms with E-state index in [1.807, 2.05) is 17.5 Å². The minimum Gasteiger partial charge on any atom is -0.477 e. The lowest BCUT2D eigenvalue weighted by atomic mass is 10.3. The third kappa shape index (κ3) is 4.76. The van der Waals surface area contributed by atoms with Gasteiger partial charge in [-0.1, -0.05) is 17.7 Å². The molecule has 0 fully saturated rings. The second kappa shape index (κ2) is 7.70. The highest BCUT2D eigenvalue weighted by Gasteiger charge is 2.16. The third-order valence-electron chi connectivity index (χ3n) is 2.70. The summed E-state index contributed by atoms with van der Waals surface area (Å²) in [5.74, 6) is -0.557. The van der Waals surface area contributed by atoms with Gasteiger partial charge in [0.1, 0.15) is 0 Å². The first-order chi connectivity index (χ1) is 11.0. The maximum absolute atomic E-state index is 11.7. The number of amides is 1. The van der Waals surface area contributed by atoms with Gasteiger partial charge in [-0.25, -0.2) is 5.43 Å². The first kappa shape index (κ1) is 16.9. The average molecular weight is 354 g/mol. The second-order valence-corrected chi connectivity index (χ2v) is 5.75. The molecule has 0 bridgehead atoms. The normalized spacial score (nSPS) is 11.1. The van der Waals surface area contributed by atoms with E-state index >= 15 is 0 Å². The molecule has 0 saturated carbocycles. The maximum Gasteiger partial charge on any atom is 0.312 e. The summed E-state index contributed by atoms with van der Waals surface area (Å²) >= 11 is 7.20. The summed E-state index contributed by atoms with van der Waals surface area (Å²) in [5, 5.41) is 17.0. The van der Waals surface area contributed by atoms with Gasteiger partial charge in [0.2, 0.25) is 0 Å². The molecular formula is C14H12ClN3O4S. The molecule has 120 valence electrons. The Bertz CT molecular complexity index is 746. The van der Waals surface area contributed by atoms with Crippen molar-refractivity contribution in [3.05, 3.63) is 55.7 Å². The summed E-state index contributed by atoms with van der Waals surface area (Å²) in [4.78, 5) is 22.9. The van der Waals surface area contributed by atoms with Gasteiger partial charge in [-0.3, -0.25) is 14.9 Å². The van der Waals surface area contributed by atoms with Crippen LogP contribution in [0.3, 0.4) is 0 Å². The first-order valence-electron chi connectivity index (χ1n) is 6.41. The van der Waals surface area contributed by atoms with E-state index in [0.717, 1.165) is 10.9 Å². The summed E-state index contributed by atoms with van der Waals surface area (Å²) in [7, 11) is 0. The zero-order valence-electron chi connectivity index (χ0n) is 12.0. The molecule has 0 unspecified atom stereocenters. The Morgan fingerprint density at radius 2 is 2.26 bits per heavy atom. The van der Waals surface area contributed by atoms with Crippen LogP contribution in [0.5, 0.6) is 5.75 Å². The fourth-order valence-electron chi connectivity index (χ4n) is 1.62. The maximum atomic E-state index is 11.7. The van der Waals surface area contributed by atoms with Crippen LogP contribution in [0.2, 0.25) is 5.02 Å². The van der Waals surface area contributed by atoms with E-state index in [1.54, 1.807) is 6.92 Å². The van der Waals surface area contributed by atoms with E-state index in [1.165, 1.54) is 23.5 Å². The van der Waals surface area contributed by atoms with E-state index < -0.39 is 17.4 Å². The molecule has 9 heteroatoms. The predicted molar refractivity (Wildman–Crippen MR) is 88.3 cm³/mol. The van der Waals surface area contributed by atoms with Gasteiger partial charge in [-0.15, -0.1) is 11.3 Å². The molecule has 1 aromatic carbocycles. The number of nitrogens with zero attached hydrogens (tertiary/aromatic N) is 2. The fraction of sp³-hybridized carbons (Fsp3) is 0.143. The molecule has 0 aliphatic carbocycles. The number of carbonyl (C=O) groups is 1. The Labute approximate surface area is 140 Å². The second-order valence-electron chi connectivity index (χ2n) is 4.37. The van der Waals surface area contributed by atoms with E-state index in [4.69, 9.17) is 16.3 Å². The Morgan fingerprint density at radius 3 is 2.91 bits per heavy atom. The number of benzene rings is 1. The molecule has 2 aromatic rings. The summed E-state index contributed by atoms with van der Waals surface area (Å²) in [6.45, 7) is 1.36. The van der Waals surface area contributed by atoms with Crippen LogP contribution in [0.4, 0.5) is 5.69 Å². The van der Waals surface area contributed by atoms with Crippen LogP contribution in [0.1, 0.15) is 11.8 Å². The molecule has 1 N–H and O–H groups in total. The molecule has 2 rings (SSSR count). The molecule has 0 spiro atoms. The summed E-state index contributed by atoms with van der Waals surface area (Å²) < 4.78 is 5.16. The number of nitro benzene ring substituents is 1. The van der Waals surface area contributed by atoms with Crippen molar-refractivity contribution in [2.75, 3.05) is 6.61 Å². The van der Waals surface area contributed by atoms with Gasteiger partial charge in [0, 0.05) is 16.0 Å². The van der Waals surface area contributed by atoms with Crippen molar-refractivity contribution in [1.29, 1.82) is 0 Å². The van der Waals surface area contributed by atoms with Crippen molar-refractivity contribution in [2.45, 2.75) is 6.92 Å². The average Bonchev–Trinajstić information content (AvgIpc) is 3.05. The van der Waals surface area contributed by atoms with Crippen molar-refractivity contribution in [1.82, 2.24) is 5.43 Å². The zero-order chi connectivity index (χ0) is 16.8. The van der Waals surface area contributed by atoms with Crippen LogP contribution in [0.15, 0.2) is 40.8 Å². The number of hydrazone groups is 1. The number of hydrogen-bond acceptors (Lipinski definition) is 6. The van der Waals surface area contributed by atoms with Crippen LogP contribution in [-0.4, -0.2) is 23.1 Å². The van der Waals surface area contributed by atoms with Crippen LogP contribution in [0.25, 0.3) is 0 Å². The number of rotatable bonds is 6. The molecule has 0 radical (unpaired) electrons. The Morgan fingerprint density at radius 1 is 1.48 bits per heavy atom. The number of ether oxygens (including phenoxy) is 1. The number of carbonyl (C=O) groups excluding carboxylic acids is 1. The Kier molecular flexibility index (Phi) is 5.67. The van der Waals surface area contributed by atoms with Gasteiger partial charge >= 0.3 is 5.69 Å². The van der Waals surface area contributed by atoms with Crippen molar-refractivity contribution in [2.24, 2.45) is 5.10 Å². The summed E-state index contributed by atoms with van der Waals surface area (Å²) in [6.07, 6.45) is 0. The lowest BCUT2D eigenvalue weighted by Crippen LogP contribution is -2.25. The van der Waals surface area contributed by atoms with Crippen molar-refractivity contribution in [3.63, 3.8) is 0 Å². The quantitative estimate of drug-likeness (QED) is 0.490. The van der Waals surface area contributed by atoms with Crippen molar-refractivity contribution < 1.29 is 14.5 Å². The van der Waals surface area contributed by atoms with E-state index in [9.17, 15) is 14.9 Å². The molecule has 1 heterocycles. The van der Waals surface area contributed by atoms with Crippen molar-refractivity contribution >= 4 is 40.2 Å². The topological polar surface area (TPSA) is 93.8 Å². The fourth-order valence-corrected chi connectivity index (χ4v) is 2.46. The van der Waals surface area contributed by atoms with Gasteiger partial charge < -0.3 is 4.74 Å². The number of nitro groups is 1. The number of thiophene rings is 1. The highest BCUT2D eigenvalue weighted by Crippen LogP contribution is 2.29. The van der Waals surface area contributed by atoms with E-state index in [2.05, 4.69) is 10.5 Å². The van der Waals surface area contributed by atoms with Gasteiger partial charge in [-0.2, -0.15) is 5.10 Å². The summed E-state index contributed by atoms with van der Waals surface area (Å²) in [6, 6.07) is 7.70. The van der Waals surface area contributed by atoms with Crippen molar-refractivity contribution in [3.8, 4) is 5.75 Å². The lowest BCUT2D eigenvalue weighted by Gasteiger charge is -2.06. The molecule has 1 amide bonds. The SMILES string of the molecule is CC(=NNC(=O)COc1ccc(Cl)cc1[N+](=O)[O-])c1cccs1. The third-order valence-corrected chi connectivity index (χ3v) is 3.92. The standard InChI is InChI=1S/C14H12ClN3O4S/c1-9(13-3-2-6-23-13)16-17-14(19)8-22-12-5-4-10(15)7-11(12)18(20)21/h2-7H,8H2,1H3,(H,17,19). The lowest BCUT2D eigenvalue weighted by molar-refractivity contribution is -0.385. The van der Waals surface area contributed by atoms with Gasteiger partial charge in [0.15, 0.2) is 12.4 Å². The number of nitrogens with one attached hydrogen (secondary N) is 1. The van der Waals surface area contributed by atoms with E-state index in [0.29, 0.717) is 5.71 Å². The van der Waals surface area contributed by atoms with E-state index in [-0.39, 0.29) is 16.5 Å². The molecule has 23 heavy (non-hydrogen) atoms. The molecular weight excluding hydrogens is 342 g/mol. The Balaban J connectivity index is 1.95. The van der Waals surface area contributed by atoms with Gasteiger partial charge in [-0.05, 0) is 30.5 Å². The summed E-state index contributed by atoms with van der Waals surface area (Å²) in [5.41, 5.74) is 2.69. The largest absolute Gasteiger partial charge is 0.477 e. The van der Waals surface area contributed by atoms with Crippen LogP contribution in [0, 0.1) is 10.1 Å². The van der Waals surface area contributed by atoms with Crippen LogP contribution in [-0.2, 0) is 4.79 Å². The molecule has 0 aliphatic heterocycles. The number of halogens is 1. The first-order valence-corrected chi connectivity index (χ1v) is 7.67. The van der Waals surface area contributed by atoms with Crippen LogP contribution >= 0.6 is 22.9 Å². The molecule has 0 saturated heterocycles. The molecule has 7 nitrogen and oxygen atoms in total. The Hall–Kier alpha value is -2.45. The molecule has 0 aliphatic rings. The molecule has 0 atom stereocenters. The highest BCUT2D eigenvalue weighted by atomic mass is 35.5. The predicted octanol–water partition coefficient (Wildman–Crippen LogP) is 3.23. The highest BCUT2D eigenvalue weighted by molar-refractivity contribution is 7.12. The van der Waals surface area contributed by atoms with Gasteiger partial charge in [0.25, 0.3) is 5.91 Å². The minimum atomic E-state index is -0.627. The monoisotopic (exact) mass is 353 g/mol. The number of hydrogen-bond donors (Lipinski definition) is 1. The zero-order valence-corrected chi connectivity index (χ0v) is 13.6. The minimum absolute atomic E-state index is 0.0338. The smallest absolute Gasteiger partial charge is 0.312 e. The van der Waals surface area contributed by atoms with Gasteiger partial charge in [0.05, 0.1) is 10.6 Å².